The lowest BCUT2D eigenvalue weighted by Gasteiger charge is -2.40. The Morgan fingerprint density at radius 2 is 1.71 bits per heavy atom. The van der Waals surface area contributed by atoms with Gasteiger partial charge in [-0.25, -0.2) is 4.39 Å². The lowest BCUT2D eigenvalue weighted by Crippen LogP contribution is -2.49. The van der Waals surface area contributed by atoms with Crippen molar-refractivity contribution in [3.05, 3.63) is 0 Å². The van der Waals surface area contributed by atoms with Gasteiger partial charge < -0.3 is 5.32 Å². The summed E-state index contributed by atoms with van der Waals surface area (Å²) >= 11 is 0. The summed E-state index contributed by atoms with van der Waals surface area (Å²) in [6.07, 6.45) is 5.89. The quantitative estimate of drug-likeness (QED) is 0.736. The summed E-state index contributed by atoms with van der Waals surface area (Å²) in [7, 11) is 0. The molecule has 82 valence electrons. The van der Waals surface area contributed by atoms with E-state index in [0.717, 1.165) is 25.7 Å². The maximum absolute atomic E-state index is 14.7. The van der Waals surface area contributed by atoms with Crippen LogP contribution in [0.2, 0.25) is 0 Å². The molecule has 2 aliphatic rings. The number of hydrogen-bond acceptors (Lipinski definition) is 1. The first kappa shape index (κ1) is 10.4. The largest absolute Gasteiger partial charge is 0.311 e. The van der Waals surface area contributed by atoms with E-state index in [2.05, 4.69) is 19.2 Å². The van der Waals surface area contributed by atoms with Crippen molar-refractivity contribution in [1.82, 2.24) is 5.32 Å². The molecular formula is C12H22FN. The Kier molecular flexibility index (Phi) is 2.83. The first-order valence-electron chi connectivity index (χ1n) is 6.13. The average molecular weight is 199 g/mol. The maximum Gasteiger partial charge on any atom is 0.116 e. The Bertz CT molecular complexity index is 188. The molecule has 2 bridgehead atoms. The van der Waals surface area contributed by atoms with Crippen molar-refractivity contribution in [3.8, 4) is 0 Å². The monoisotopic (exact) mass is 199 g/mol. The van der Waals surface area contributed by atoms with E-state index in [1.165, 1.54) is 12.8 Å². The van der Waals surface area contributed by atoms with Crippen molar-refractivity contribution < 1.29 is 4.39 Å². The molecule has 2 heteroatoms. The summed E-state index contributed by atoms with van der Waals surface area (Å²) in [5.41, 5.74) is -0.861. The van der Waals surface area contributed by atoms with Crippen LogP contribution in [-0.4, -0.2) is 17.8 Å². The number of halogens is 1. The highest BCUT2D eigenvalue weighted by Gasteiger charge is 2.47. The molecule has 0 aliphatic carbocycles. The van der Waals surface area contributed by atoms with Gasteiger partial charge in [0.2, 0.25) is 0 Å². The third-order valence-electron chi connectivity index (χ3n) is 4.22. The Morgan fingerprint density at radius 3 is 2.14 bits per heavy atom. The van der Waals surface area contributed by atoms with Crippen molar-refractivity contribution in [3.63, 3.8) is 0 Å². The van der Waals surface area contributed by atoms with E-state index >= 15 is 0 Å². The fourth-order valence-corrected chi connectivity index (χ4v) is 3.48. The van der Waals surface area contributed by atoms with Gasteiger partial charge in [0.15, 0.2) is 0 Å². The van der Waals surface area contributed by atoms with E-state index in [9.17, 15) is 4.39 Å². The van der Waals surface area contributed by atoms with Gasteiger partial charge in [0.25, 0.3) is 0 Å². The number of fused-ring (bicyclic) bond motifs is 2. The van der Waals surface area contributed by atoms with Crippen molar-refractivity contribution in [2.75, 3.05) is 0 Å². The van der Waals surface area contributed by atoms with Gasteiger partial charge in [0.05, 0.1) is 0 Å². The van der Waals surface area contributed by atoms with Gasteiger partial charge in [-0.05, 0) is 31.6 Å². The minimum absolute atomic E-state index is 0.285. The third-order valence-corrected chi connectivity index (χ3v) is 4.22. The van der Waals surface area contributed by atoms with Gasteiger partial charge in [-0.15, -0.1) is 0 Å². The Morgan fingerprint density at radius 1 is 1.21 bits per heavy atom. The lowest BCUT2D eigenvalue weighted by molar-refractivity contribution is 0.0217. The van der Waals surface area contributed by atoms with Crippen LogP contribution in [0.1, 0.15) is 52.4 Å². The highest BCUT2D eigenvalue weighted by molar-refractivity contribution is 5.02. The molecule has 0 radical (unpaired) electrons. The van der Waals surface area contributed by atoms with Gasteiger partial charge >= 0.3 is 0 Å². The van der Waals surface area contributed by atoms with Crippen LogP contribution in [0.15, 0.2) is 0 Å². The molecule has 14 heavy (non-hydrogen) atoms. The molecule has 0 saturated carbocycles. The van der Waals surface area contributed by atoms with Gasteiger partial charge in [-0.1, -0.05) is 26.7 Å². The molecule has 2 saturated heterocycles. The standard InChI is InChI=1S/C12H22FN/c1-3-9(4-2)12(13)7-10-5-6-11(8-12)14-10/h9-11,14H,3-8H2,1-2H3. The number of piperidine rings is 1. The zero-order valence-electron chi connectivity index (χ0n) is 9.35. The van der Waals surface area contributed by atoms with Crippen LogP contribution in [-0.2, 0) is 0 Å². The Labute approximate surface area is 86.5 Å². The summed E-state index contributed by atoms with van der Waals surface area (Å²) in [6, 6.07) is 0.943. The molecule has 2 heterocycles. The zero-order chi connectivity index (χ0) is 10.2. The average Bonchev–Trinajstić information content (AvgIpc) is 2.48. The van der Waals surface area contributed by atoms with E-state index in [4.69, 9.17) is 0 Å². The Hall–Kier alpha value is -0.110. The normalized spacial score (nSPS) is 42.0. The van der Waals surface area contributed by atoms with Crippen LogP contribution < -0.4 is 5.32 Å². The van der Waals surface area contributed by atoms with Crippen molar-refractivity contribution in [1.29, 1.82) is 0 Å². The van der Waals surface area contributed by atoms with Gasteiger partial charge in [0, 0.05) is 12.1 Å². The first-order valence-corrected chi connectivity index (χ1v) is 6.13. The summed E-state index contributed by atoms with van der Waals surface area (Å²) in [6.45, 7) is 4.25. The molecule has 0 aromatic heterocycles. The second-order valence-electron chi connectivity index (χ2n) is 5.09. The summed E-state index contributed by atoms with van der Waals surface area (Å²) in [4.78, 5) is 0. The predicted octanol–water partition coefficient (Wildman–Crippen LogP) is 3.05. The van der Waals surface area contributed by atoms with E-state index in [1.807, 2.05) is 0 Å². The molecule has 1 N–H and O–H groups in total. The maximum atomic E-state index is 14.7. The second kappa shape index (κ2) is 3.80. The van der Waals surface area contributed by atoms with E-state index < -0.39 is 5.67 Å². The zero-order valence-corrected chi connectivity index (χ0v) is 9.35. The van der Waals surface area contributed by atoms with Gasteiger partial charge in [-0.3, -0.25) is 0 Å². The van der Waals surface area contributed by atoms with E-state index in [-0.39, 0.29) is 5.92 Å². The highest BCUT2D eigenvalue weighted by Crippen LogP contribution is 2.43. The van der Waals surface area contributed by atoms with Crippen LogP contribution in [0.25, 0.3) is 0 Å². The van der Waals surface area contributed by atoms with Crippen molar-refractivity contribution >= 4 is 0 Å². The fraction of sp³-hybridized carbons (Fsp3) is 1.00. The van der Waals surface area contributed by atoms with Crippen LogP contribution in [0.5, 0.6) is 0 Å². The molecule has 2 aliphatic heterocycles. The van der Waals surface area contributed by atoms with E-state index in [0.29, 0.717) is 12.1 Å². The number of rotatable bonds is 3. The molecule has 0 spiro atoms. The Balaban J connectivity index is 2.08. The lowest BCUT2D eigenvalue weighted by atomic mass is 9.76. The van der Waals surface area contributed by atoms with Crippen LogP contribution in [0, 0.1) is 5.92 Å². The molecule has 0 aromatic rings. The molecule has 2 unspecified atom stereocenters. The van der Waals surface area contributed by atoms with Gasteiger partial charge in [-0.2, -0.15) is 0 Å². The number of alkyl halides is 1. The van der Waals surface area contributed by atoms with Crippen molar-refractivity contribution in [2.24, 2.45) is 5.92 Å². The second-order valence-corrected chi connectivity index (χ2v) is 5.09. The minimum atomic E-state index is -0.861. The topological polar surface area (TPSA) is 12.0 Å². The predicted molar refractivity (Wildman–Crippen MR) is 57.1 cm³/mol. The van der Waals surface area contributed by atoms with Crippen molar-refractivity contribution in [2.45, 2.75) is 70.1 Å². The van der Waals surface area contributed by atoms with E-state index in [1.54, 1.807) is 0 Å². The molecule has 2 fully saturated rings. The van der Waals surface area contributed by atoms with Gasteiger partial charge in [0.1, 0.15) is 5.67 Å². The molecule has 0 amide bonds. The minimum Gasteiger partial charge on any atom is -0.311 e. The summed E-state index contributed by atoms with van der Waals surface area (Å²) in [5, 5.41) is 3.51. The molecular weight excluding hydrogens is 177 g/mol. The van der Waals surface area contributed by atoms with Crippen LogP contribution >= 0.6 is 0 Å². The molecule has 0 aromatic carbocycles. The number of nitrogens with one attached hydrogen (secondary N) is 1. The molecule has 2 rings (SSSR count). The molecule has 2 atom stereocenters. The highest BCUT2D eigenvalue weighted by atomic mass is 19.1. The van der Waals surface area contributed by atoms with Crippen LogP contribution in [0.4, 0.5) is 4.39 Å². The fourth-order valence-electron chi connectivity index (χ4n) is 3.48. The molecule has 1 nitrogen and oxygen atoms in total. The van der Waals surface area contributed by atoms with Crippen LogP contribution in [0.3, 0.4) is 0 Å². The summed E-state index contributed by atoms with van der Waals surface area (Å²) < 4.78 is 14.7. The number of hydrogen-bond donors (Lipinski definition) is 1. The summed E-state index contributed by atoms with van der Waals surface area (Å²) in [5.74, 6) is 0.285. The SMILES string of the molecule is CCC(CC)C1(F)CC2CCC(C1)N2. The smallest absolute Gasteiger partial charge is 0.116 e. The first-order chi connectivity index (χ1) is 6.68. The third kappa shape index (κ3) is 1.69.